The number of amides is 1. The highest BCUT2D eigenvalue weighted by Crippen LogP contribution is 2.30. The van der Waals surface area contributed by atoms with Crippen LogP contribution in [0.5, 0.6) is 0 Å². The van der Waals surface area contributed by atoms with Crippen LogP contribution in [0.4, 0.5) is 0 Å². The molecule has 8 nitrogen and oxygen atoms in total. The molecule has 1 aromatic heterocycles. The van der Waals surface area contributed by atoms with E-state index < -0.39 is 0 Å². The number of ether oxygens (including phenoxy) is 1. The number of rotatable bonds is 6. The summed E-state index contributed by atoms with van der Waals surface area (Å²) < 4.78 is 10.7. The average Bonchev–Trinajstić information content (AvgIpc) is 2.87. The van der Waals surface area contributed by atoms with Crippen LogP contribution in [-0.2, 0) is 11.2 Å². The number of hydrogen-bond acceptors (Lipinski definition) is 5. The Morgan fingerprint density at radius 1 is 1.39 bits per heavy atom. The van der Waals surface area contributed by atoms with Gasteiger partial charge in [0, 0.05) is 37.8 Å². The van der Waals surface area contributed by atoms with E-state index in [1.54, 1.807) is 7.11 Å². The number of aryl methyl sites for hydroxylation is 1. The highest BCUT2D eigenvalue weighted by molar-refractivity contribution is 6.06. The quantitative estimate of drug-likeness (QED) is 0.307. The maximum absolute atomic E-state index is 12.3. The molecule has 1 heterocycles. The van der Waals surface area contributed by atoms with Gasteiger partial charge in [-0.05, 0) is 26.2 Å². The zero-order chi connectivity index (χ0) is 16.8. The molecule has 0 fully saturated rings. The van der Waals surface area contributed by atoms with Gasteiger partial charge in [-0.15, -0.1) is 5.10 Å². The average molecular weight is 321 g/mol. The zero-order valence-corrected chi connectivity index (χ0v) is 13.5. The van der Waals surface area contributed by atoms with Crippen molar-refractivity contribution in [3.63, 3.8) is 0 Å². The molecule has 0 saturated heterocycles. The molecule has 1 aliphatic carbocycles. The smallest absolute Gasteiger partial charge is 0.287 e. The van der Waals surface area contributed by atoms with Crippen LogP contribution >= 0.6 is 0 Å². The number of hydrogen-bond donors (Lipinski definition) is 3. The number of guanidine groups is 1. The molecule has 23 heavy (non-hydrogen) atoms. The maximum atomic E-state index is 12.3. The van der Waals surface area contributed by atoms with Gasteiger partial charge < -0.3 is 25.9 Å². The van der Waals surface area contributed by atoms with E-state index in [0.29, 0.717) is 18.9 Å². The maximum Gasteiger partial charge on any atom is 0.287 e. The monoisotopic (exact) mass is 321 g/mol. The Hall–Kier alpha value is -2.35. The molecule has 126 valence electrons. The fourth-order valence-electron chi connectivity index (χ4n) is 2.60. The second kappa shape index (κ2) is 7.77. The normalized spacial score (nSPS) is 15.3. The van der Waals surface area contributed by atoms with Gasteiger partial charge in [-0.25, -0.2) is 0 Å². The molecule has 0 aromatic carbocycles. The minimum absolute atomic E-state index is 0.0955. The first kappa shape index (κ1) is 17.0. The lowest BCUT2D eigenvalue weighted by molar-refractivity contribution is 0.0918. The Morgan fingerprint density at radius 2 is 2.17 bits per heavy atom. The standard InChI is InChI=1S/C15H23N5O3/c1-9-12-10(19-20-15(16)17)5-3-6-11(12)23-13(9)14(21)18-7-4-8-22-2/h3-8H2,1-2H3,(H,18,21)(H4,16,17,20)/b19-10+. The number of carbonyl (C=O) groups is 1. The van der Waals surface area contributed by atoms with E-state index in [1.165, 1.54) is 0 Å². The van der Waals surface area contributed by atoms with Crippen molar-refractivity contribution in [3.05, 3.63) is 22.6 Å². The molecule has 0 bridgehead atoms. The molecule has 0 unspecified atom stereocenters. The Labute approximate surface area is 134 Å². The third-order valence-electron chi connectivity index (χ3n) is 3.63. The Bertz CT molecular complexity index is 629. The number of furan rings is 1. The minimum Gasteiger partial charge on any atom is -0.455 e. The van der Waals surface area contributed by atoms with Crippen molar-refractivity contribution >= 4 is 17.6 Å². The number of fused-ring (bicyclic) bond motifs is 1. The van der Waals surface area contributed by atoms with E-state index in [1.807, 2.05) is 6.92 Å². The predicted molar refractivity (Wildman–Crippen MR) is 87.6 cm³/mol. The molecule has 2 rings (SSSR count). The molecule has 0 radical (unpaired) electrons. The van der Waals surface area contributed by atoms with Gasteiger partial charge in [-0.1, -0.05) is 0 Å². The Balaban J connectivity index is 2.20. The summed E-state index contributed by atoms with van der Waals surface area (Å²) in [6, 6.07) is 0. The van der Waals surface area contributed by atoms with Crippen LogP contribution in [0, 0.1) is 6.92 Å². The number of methoxy groups -OCH3 is 1. The van der Waals surface area contributed by atoms with Gasteiger partial charge in [-0.2, -0.15) is 5.10 Å². The lowest BCUT2D eigenvalue weighted by atomic mass is 9.93. The number of nitrogens with two attached hydrogens (primary N) is 2. The largest absolute Gasteiger partial charge is 0.455 e. The SMILES string of the molecule is COCCCNC(=O)c1oc2c(c1C)/C(=N/N=C(N)N)CCC2. The molecular formula is C15H23N5O3. The summed E-state index contributed by atoms with van der Waals surface area (Å²) in [7, 11) is 1.63. The fourth-order valence-corrected chi connectivity index (χ4v) is 2.60. The molecule has 8 heteroatoms. The molecule has 1 aliphatic rings. The number of nitrogens with zero attached hydrogens (tertiary/aromatic N) is 2. The van der Waals surface area contributed by atoms with Crippen LogP contribution in [-0.4, -0.2) is 37.8 Å². The van der Waals surface area contributed by atoms with Crippen molar-refractivity contribution in [2.45, 2.75) is 32.6 Å². The molecule has 0 saturated carbocycles. The van der Waals surface area contributed by atoms with Crippen LogP contribution < -0.4 is 16.8 Å². The van der Waals surface area contributed by atoms with Crippen LogP contribution in [0.25, 0.3) is 0 Å². The number of carbonyl (C=O) groups excluding carboxylic acids is 1. The van der Waals surface area contributed by atoms with Crippen LogP contribution in [0.2, 0.25) is 0 Å². The van der Waals surface area contributed by atoms with Gasteiger partial charge in [0.05, 0.1) is 5.71 Å². The second-order valence-electron chi connectivity index (χ2n) is 5.38. The molecule has 1 aromatic rings. The Kier molecular flexibility index (Phi) is 5.75. The van der Waals surface area contributed by atoms with E-state index in [0.717, 1.165) is 48.3 Å². The first-order valence-electron chi connectivity index (χ1n) is 7.59. The van der Waals surface area contributed by atoms with Gasteiger partial charge in [0.2, 0.25) is 5.96 Å². The molecule has 0 spiro atoms. The summed E-state index contributed by atoms with van der Waals surface area (Å²) in [5, 5.41) is 10.6. The van der Waals surface area contributed by atoms with Crippen molar-refractivity contribution in [3.8, 4) is 0 Å². The molecule has 0 atom stereocenters. The zero-order valence-electron chi connectivity index (χ0n) is 13.5. The van der Waals surface area contributed by atoms with Gasteiger partial charge in [0.1, 0.15) is 5.76 Å². The predicted octanol–water partition coefficient (Wildman–Crippen LogP) is 0.668. The lowest BCUT2D eigenvalue weighted by Crippen LogP contribution is -2.25. The molecule has 0 aliphatic heterocycles. The summed E-state index contributed by atoms with van der Waals surface area (Å²) in [5.74, 6) is 0.767. The highest BCUT2D eigenvalue weighted by atomic mass is 16.5. The van der Waals surface area contributed by atoms with Crippen LogP contribution in [0.1, 0.15) is 46.7 Å². The third kappa shape index (κ3) is 4.10. The van der Waals surface area contributed by atoms with E-state index in [9.17, 15) is 4.79 Å². The van der Waals surface area contributed by atoms with Gasteiger partial charge >= 0.3 is 0 Å². The summed E-state index contributed by atoms with van der Waals surface area (Å²) in [4.78, 5) is 12.3. The minimum atomic E-state index is -0.228. The van der Waals surface area contributed by atoms with Crippen LogP contribution in [0.3, 0.4) is 0 Å². The Morgan fingerprint density at radius 3 is 2.87 bits per heavy atom. The van der Waals surface area contributed by atoms with Crippen molar-refractivity contribution in [1.82, 2.24) is 5.32 Å². The van der Waals surface area contributed by atoms with Crippen molar-refractivity contribution in [2.24, 2.45) is 21.7 Å². The van der Waals surface area contributed by atoms with Gasteiger partial charge in [-0.3, -0.25) is 4.79 Å². The third-order valence-corrected chi connectivity index (χ3v) is 3.63. The van der Waals surface area contributed by atoms with E-state index in [-0.39, 0.29) is 11.9 Å². The summed E-state index contributed by atoms with van der Waals surface area (Å²) in [6.45, 7) is 2.98. The second-order valence-corrected chi connectivity index (χ2v) is 5.38. The van der Waals surface area contributed by atoms with Crippen LogP contribution in [0.15, 0.2) is 14.6 Å². The van der Waals surface area contributed by atoms with E-state index in [4.69, 9.17) is 20.6 Å². The summed E-state index contributed by atoms with van der Waals surface area (Å²) in [6.07, 6.45) is 3.15. The van der Waals surface area contributed by atoms with E-state index in [2.05, 4.69) is 15.5 Å². The van der Waals surface area contributed by atoms with Crippen molar-refractivity contribution in [2.75, 3.05) is 20.3 Å². The van der Waals surface area contributed by atoms with E-state index >= 15 is 0 Å². The highest BCUT2D eigenvalue weighted by Gasteiger charge is 2.27. The fraction of sp³-hybridized carbons (Fsp3) is 0.533. The summed E-state index contributed by atoms with van der Waals surface area (Å²) >= 11 is 0. The molecular weight excluding hydrogens is 298 g/mol. The lowest BCUT2D eigenvalue weighted by Gasteiger charge is -2.11. The van der Waals surface area contributed by atoms with Gasteiger partial charge in [0.15, 0.2) is 5.76 Å². The first-order chi connectivity index (χ1) is 11.0. The number of nitrogens with one attached hydrogen (secondary N) is 1. The van der Waals surface area contributed by atoms with Crippen molar-refractivity contribution in [1.29, 1.82) is 0 Å². The molecule has 5 N–H and O–H groups in total. The topological polar surface area (TPSA) is 128 Å². The first-order valence-corrected chi connectivity index (χ1v) is 7.59. The molecule has 1 amide bonds. The van der Waals surface area contributed by atoms with Crippen molar-refractivity contribution < 1.29 is 13.9 Å². The van der Waals surface area contributed by atoms with Gasteiger partial charge in [0.25, 0.3) is 5.91 Å². The summed E-state index contributed by atoms with van der Waals surface area (Å²) in [5.41, 5.74) is 13.0.